The van der Waals surface area contributed by atoms with Gasteiger partial charge < -0.3 is 10.0 Å². The first-order valence-electron chi connectivity index (χ1n) is 10.00. The van der Waals surface area contributed by atoms with Gasteiger partial charge in [0.2, 0.25) is 5.78 Å². The molecule has 0 spiro atoms. The van der Waals surface area contributed by atoms with Crippen LogP contribution in [0.4, 0.5) is 0 Å². The molecule has 2 heterocycles. The molecule has 1 atom stereocenters. The third-order valence-corrected chi connectivity index (χ3v) is 7.15. The average Bonchev–Trinajstić information content (AvgIpc) is 3.22. The summed E-state index contributed by atoms with van der Waals surface area (Å²) in [4.78, 5) is 32.9. The number of carbonyl (C=O) groups excluding carboxylic acids is 2. The van der Waals surface area contributed by atoms with Gasteiger partial charge in [-0.15, -0.1) is 11.3 Å². The summed E-state index contributed by atoms with van der Waals surface area (Å²) in [6.07, 6.45) is 0.540. The minimum absolute atomic E-state index is 0.0233. The zero-order valence-corrected chi connectivity index (χ0v) is 19.8. The summed E-state index contributed by atoms with van der Waals surface area (Å²) in [6.45, 7) is 3.81. The Morgan fingerprint density at radius 3 is 2.34 bits per heavy atom. The number of nitrogens with zero attached hydrogens (tertiary/aromatic N) is 2. The third kappa shape index (κ3) is 4.06. The van der Waals surface area contributed by atoms with Crippen molar-refractivity contribution in [2.24, 2.45) is 0 Å². The van der Waals surface area contributed by atoms with Gasteiger partial charge in [0.25, 0.3) is 5.91 Å². The SMILES string of the molecule is Cc1nc(C)c(C(=O)C2=C(O)C(=O)N(CCc3ccccc3)C2c2c(Cl)cccc2Cl)s1. The molecule has 2 aromatic carbocycles. The Bertz CT molecular complexity index is 1220. The molecule has 1 aromatic heterocycles. The molecule has 0 bridgehead atoms. The van der Waals surface area contributed by atoms with Gasteiger partial charge in [0.1, 0.15) is 0 Å². The zero-order chi connectivity index (χ0) is 23.0. The smallest absolute Gasteiger partial charge is 0.290 e. The van der Waals surface area contributed by atoms with Crippen LogP contribution in [0.15, 0.2) is 59.9 Å². The van der Waals surface area contributed by atoms with Crippen LogP contribution in [0, 0.1) is 13.8 Å². The first-order valence-corrected chi connectivity index (χ1v) is 11.6. The van der Waals surface area contributed by atoms with Crippen LogP contribution in [0.5, 0.6) is 0 Å². The Kier molecular flexibility index (Phi) is 6.38. The summed E-state index contributed by atoms with van der Waals surface area (Å²) < 4.78 is 0. The Morgan fingerprint density at radius 2 is 1.75 bits per heavy atom. The first-order chi connectivity index (χ1) is 15.3. The number of aliphatic hydroxyl groups is 1. The van der Waals surface area contributed by atoms with Crippen molar-refractivity contribution < 1.29 is 14.7 Å². The van der Waals surface area contributed by atoms with Gasteiger partial charge in [-0.25, -0.2) is 4.98 Å². The maximum absolute atomic E-state index is 13.6. The molecule has 0 fully saturated rings. The molecule has 32 heavy (non-hydrogen) atoms. The standard InChI is InChI=1S/C24H20Cl2N2O3S/c1-13-23(32-14(2)27-13)21(29)19-20(18-16(25)9-6-10-17(18)26)28(24(31)22(19)30)12-11-15-7-4-3-5-8-15/h3-10,20,30H,11-12H2,1-2H3. The van der Waals surface area contributed by atoms with E-state index in [0.29, 0.717) is 32.6 Å². The van der Waals surface area contributed by atoms with E-state index < -0.39 is 23.5 Å². The van der Waals surface area contributed by atoms with E-state index in [0.717, 1.165) is 10.6 Å². The van der Waals surface area contributed by atoms with Crippen LogP contribution in [-0.4, -0.2) is 33.2 Å². The molecule has 0 radical (unpaired) electrons. The highest BCUT2D eigenvalue weighted by molar-refractivity contribution is 7.14. The van der Waals surface area contributed by atoms with Crippen LogP contribution in [-0.2, 0) is 11.2 Å². The molecule has 8 heteroatoms. The van der Waals surface area contributed by atoms with E-state index in [1.54, 1.807) is 32.0 Å². The summed E-state index contributed by atoms with van der Waals surface area (Å²) in [5.74, 6) is -1.64. The summed E-state index contributed by atoms with van der Waals surface area (Å²) in [7, 11) is 0. The number of aryl methyl sites for hydroxylation is 2. The van der Waals surface area contributed by atoms with Crippen molar-refractivity contribution in [2.45, 2.75) is 26.3 Å². The lowest BCUT2D eigenvalue weighted by Crippen LogP contribution is -2.33. The highest BCUT2D eigenvalue weighted by Crippen LogP contribution is 2.45. The zero-order valence-electron chi connectivity index (χ0n) is 17.4. The van der Waals surface area contributed by atoms with E-state index in [-0.39, 0.29) is 12.1 Å². The van der Waals surface area contributed by atoms with Crippen molar-refractivity contribution >= 4 is 46.2 Å². The summed E-state index contributed by atoms with van der Waals surface area (Å²) in [5.41, 5.74) is 1.97. The molecule has 5 nitrogen and oxygen atoms in total. The number of amides is 1. The number of Topliss-reactive ketones (excluding diaryl/α,β-unsaturated/α-hetero) is 1. The lowest BCUT2D eigenvalue weighted by molar-refractivity contribution is -0.129. The van der Waals surface area contributed by atoms with Crippen LogP contribution in [0.25, 0.3) is 0 Å². The maximum Gasteiger partial charge on any atom is 0.290 e. The Balaban J connectivity index is 1.80. The predicted octanol–water partition coefficient (Wildman–Crippen LogP) is 5.89. The molecule has 164 valence electrons. The minimum Gasteiger partial charge on any atom is -0.503 e. The molecule has 4 rings (SSSR count). The molecule has 1 unspecified atom stereocenters. The van der Waals surface area contributed by atoms with E-state index in [1.807, 2.05) is 30.3 Å². The Hall–Kier alpha value is -2.67. The number of rotatable bonds is 6. The number of benzene rings is 2. The second-order valence-corrected chi connectivity index (χ2v) is 9.53. The molecule has 1 N–H and O–H groups in total. The summed E-state index contributed by atoms with van der Waals surface area (Å²) >= 11 is 14.2. The number of hydrogen-bond acceptors (Lipinski definition) is 5. The molecule has 3 aromatic rings. The average molecular weight is 487 g/mol. The molecule has 0 aliphatic carbocycles. The lowest BCUT2D eigenvalue weighted by atomic mass is 9.94. The monoisotopic (exact) mass is 486 g/mol. The molecule has 0 saturated carbocycles. The Labute approximate surface area is 199 Å². The van der Waals surface area contributed by atoms with Gasteiger partial charge in [-0.1, -0.05) is 59.6 Å². The van der Waals surface area contributed by atoms with Crippen LogP contribution in [0.3, 0.4) is 0 Å². The highest BCUT2D eigenvalue weighted by Gasteiger charge is 2.45. The van der Waals surface area contributed by atoms with E-state index >= 15 is 0 Å². The van der Waals surface area contributed by atoms with Gasteiger partial charge in [0.05, 0.1) is 27.2 Å². The number of hydrogen-bond donors (Lipinski definition) is 1. The van der Waals surface area contributed by atoms with Crippen LogP contribution in [0.2, 0.25) is 10.0 Å². The van der Waals surface area contributed by atoms with Crippen LogP contribution < -0.4 is 0 Å². The molecule has 1 amide bonds. The fourth-order valence-electron chi connectivity index (χ4n) is 3.95. The number of ketones is 1. The van der Waals surface area contributed by atoms with Crippen molar-refractivity contribution in [1.82, 2.24) is 9.88 Å². The number of thiazole rings is 1. The number of carbonyl (C=O) groups is 2. The van der Waals surface area contributed by atoms with Gasteiger partial charge in [-0.3, -0.25) is 9.59 Å². The van der Waals surface area contributed by atoms with Gasteiger partial charge in [-0.2, -0.15) is 0 Å². The topological polar surface area (TPSA) is 70.5 Å². The molecular formula is C24H20Cl2N2O3S. The largest absolute Gasteiger partial charge is 0.503 e. The number of aliphatic hydroxyl groups excluding tert-OH is 1. The van der Waals surface area contributed by atoms with Crippen molar-refractivity contribution in [3.05, 3.63) is 96.6 Å². The van der Waals surface area contributed by atoms with E-state index in [4.69, 9.17) is 23.2 Å². The van der Waals surface area contributed by atoms with E-state index in [1.165, 1.54) is 16.2 Å². The summed E-state index contributed by atoms with van der Waals surface area (Å²) in [5, 5.41) is 12.2. The minimum atomic E-state index is -0.901. The summed E-state index contributed by atoms with van der Waals surface area (Å²) in [6, 6.07) is 13.8. The first kappa shape index (κ1) is 22.5. The molecule has 1 aliphatic rings. The van der Waals surface area contributed by atoms with Crippen molar-refractivity contribution in [1.29, 1.82) is 0 Å². The molecular weight excluding hydrogens is 467 g/mol. The molecule has 1 aliphatic heterocycles. The van der Waals surface area contributed by atoms with Gasteiger partial charge in [-0.05, 0) is 38.0 Å². The fraction of sp³-hybridized carbons (Fsp3) is 0.208. The quantitative estimate of drug-likeness (QED) is 0.441. The van der Waals surface area contributed by atoms with E-state index in [9.17, 15) is 14.7 Å². The van der Waals surface area contributed by atoms with Crippen molar-refractivity contribution in [3.8, 4) is 0 Å². The molecule has 0 saturated heterocycles. The van der Waals surface area contributed by atoms with Gasteiger partial charge >= 0.3 is 0 Å². The second kappa shape index (κ2) is 9.06. The van der Waals surface area contributed by atoms with Gasteiger partial charge in [0, 0.05) is 22.2 Å². The normalized spacial score (nSPS) is 16.2. The van der Waals surface area contributed by atoms with Crippen LogP contribution >= 0.6 is 34.5 Å². The van der Waals surface area contributed by atoms with Crippen molar-refractivity contribution in [3.63, 3.8) is 0 Å². The second-order valence-electron chi connectivity index (χ2n) is 7.51. The fourth-order valence-corrected chi connectivity index (χ4v) is 5.42. The van der Waals surface area contributed by atoms with Gasteiger partial charge in [0.15, 0.2) is 5.76 Å². The van der Waals surface area contributed by atoms with Crippen molar-refractivity contribution in [2.75, 3.05) is 6.54 Å². The predicted molar refractivity (Wildman–Crippen MR) is 127 cm³/mol. The lowest BCUT2D eigenvalue weighted by Gasteiger charge is -2.28. The third-order valence-electron chi connectivity index (χ3n) is 5.42. The Morgan fingerprint density at radius 1 is 1.09 bits per heavy atom. The maximum atomic E-state index is 13.6. The van der Waals surface area contributed by atoms with Crippen LogP contribution in [0.1, 0.15) is 37.5 Å². The van der Waals surface area contributed by atoms with E-state index in [2.05, 4.69) is 4.98 Å². The highest BCUT2D eigenvalue weighted by atomic mass is 35.5. The number of aromatic nitrogens is 1. The number of halogens is 2.